The van der Waals surface area contributed by atoms with Gasteiger partial charge in [-0.25, -0.2) is 0 Å². The first-order valence-corrected chi connectivity index (χ1v) is 11.5. The van der Waals surface area contributed by atoms with E-state index in [9.17, 15) is 5.11 Å². The van der Waals surface area contributed by atoms with Gasteiger partial charge in [-0.15, -0.1) is 0 Å². The normalized spacial score (nSPS) is 16.7. The van der Waals surface area contributed by atoms with Gasteiger partial charge in [0.05, 0.1) is 19.3 Å². The quantitative estimate of drug-likeness (QED) is 0.505. The van der Waals surface area contributed by atoms with Crippen LogP contribution in [0.4, 0.5) is 0 Å². The van der Waals surface area contributed by atoms with Crippen molar-refractivity contribution in [2.75, 3.05) is 32.8 Å². The third-order valence-corrected chi connectivity index (χ3v) is 5.99. The van der Waals surface area contributed by atoms with E-state index in [0.717, 1.165) is 57.0 Å². The Kier molecular flexibility index (Phi) is 8.59. The molecule has 1 aliphatic heterocycles. The minimum absolute atomic E-state index is 0.153. The lowest BCUT2D eigenvalue weighted by Gasteiger charge is -2.18. The predicted molar refractivity (Wildman–Crippen MR) is 124 cm³/mol. The first-order chi connectivity index (χ1) is 14.6. The smallest absolute Gasteiger partial charge is 0.122 e. The van der Waals surface area contributed by atoms with Crippen molar-refractivity contribution in [2.45, 2.75) is 59.0 Å². The summed E-state index contributed by atoms with van der Waals surface area (Å²) in [6.45, 7) is 10.7. The number of nitrogens with zero attached hydrogens (tertiary/aromatic N) is 1. The molecule has 2 aromatic carbocycles. The minimum atomic E-state index is -0.153. The molecule has 4 nitrogen and oxygen atoms in total. The van der Waals surface area contributed by atoms with Gasteiger partial charge in [-0.2, -0.15) is 0 Å². The summed E-state index contributed by atoms with van der Waals surface area (Å²) in [7, 11) is 0. The van der Waals surface area contributed by atoms with Crippen LogP contribution in [0.5, 0.6) is 11.5 Å². The van der Waals surface area contributed by atoms with E-state index in [1.807, 2.05) is 0 Å². The number of rotatable bonds is 11. The molecule has 1 heterocycles. The summed E-state index contributed by atoms with van der Waals surface area (Å²) in [5.41, 5.74) is 4.76. The van der Waals surface area contributed by atoms with Crippen LogP contribution in [0.2, 0.25) is 0 Å². The molecule has 4 heteroatoms. The van der Waals surface area contributed by atoms with E-state index in [1.54, 1.807) is 0 Å². The number of benzene rings is 2. The average Bonchev–Trinajstić information content (AvgIpc) is 3.16. The second-order valence-corrected chi connectivity index (χ2v) is 8.36. The molecule has 0 amide bonds. The van der Waals surface area contributed by atoms with E-state index in [-0.39, 0.29) is 6.10 Å². The second kappa shape index (κ2) is 11.4. The number of likely N-dealkylation sites (tertiary alicyclic amines) is 1. The Bertz CT molecular complexity index is 805. The third kappa shape index (κ3) is 5.99. The summed E-state index contributed by atoms with van der Waals surface area (Å²) < 4.78 is 12.2. The first kappa shape index (κ1) is 22.6. The van der Waals surface area contributed by atoms with Gasteiger partial charge < -0.3 is 19.5 Å². The van der Waals surface area contributed by atoms with Gasteiger partial charge in [-0.3, -0.25) is 0 Å². The summed E-state index contributed by atoms with van der Waals surface area (Å²) in [6, 6.07) is 12.6. The number of aliphatic hydroxyl groups is 1. The fourth-order valence-electron chi connectivity index (χ4n) is 4.14. The molecule has 0 saturated carbocycles. The van der Waals surface area contributed by atoms with Gasteiger partial charge in [0.2, 0.25) is 0 Å². The highest BCUT2D eigenvalue weighted by atomic mass is 16.5. The molecule has 1 atom stereocenters. The van der Waals surface area contributed by atoms with Crippen molar-refractivity contribution < 1.29 is 14.6 Å². The van der Waals surface area contributed by atoms with Gasteiger partial charge in [0.1, 0.15) is 11.5 Å². The zero-order valence-corrected chi connectivity index (χ0v) is 18.8. The summed E-state index contributed by atoms with van der Waals surface area (Å²) in [4.78, 5) is 2.31. The highest BCUT2D eigenvalue weighted by Gasteiger charge is 2.19. The highest BCUT2D eigenvalue weighted by molar-refractivity contribution is 5.74. The highest BCUT2D eigenvalue weighted by Crippen LogP contribution is 2.35. The van der Waals surface area contributed by atoms with Crippen LogP contribution >= 0.6 is 0 Å². The summed E-state index contributed by atoms with van der Waals surface area (Å²) in [5.74, 6) is 1.92. The Morgan fingerprint density at radius 2 is 1.50 bits per heavy atom. The van der Waals surface area contributed by atoms with Crippen molar-refractivity contribution >= 4 is 0 Å². The number of unbranched alkanes of at least 4 members (excludes halogenated alkanes) is 2. The van der Waals surface area contributed by atoms with E-state index >= 15 is 0 Å². The molecule has 0 aromatic heterocycles. The molecular formula is C26H37NO3. The topological polar surface area (TPSA) is 41.9 Å². The molecule has 1 saturated heterocycles. The molecule has 3 rings (SSSR count). The first-order valence-electron chi connectivity index (χ1n) is 11.5. The minimum Gasteiger partial charge on any atom is -0.493 e. The Morgan fingerprint density at radius 1 is 0.900 bits per heavy atom. The van der Waals surface area contributed by atoms with Crippen molar-refractivity contribution in [3.63, 3.8) is 0 Å². The fraction of sp³-hybridized carbons (Fsp3) is 0.538. The molecule has 164 valence electrons. The number of β-amino-alcohol motifs (C(OH)–C–C–N with tert-alkyl or cyclic N) is 1. The SMILES string of the molecule is CCCCCOc1cccc(-c2cccc(OCCCN3CC[C@@H](O)C3)c2C)c1C. The van der Waals surface area contributed by atoms with E-state index in [1.165, 1.54) is 35.1 Å². The third-order valence-electron chi connectivity index (χ3n) is 5.99. The maximum absolute atomic E-state index is 9.64. The van der Waals surface area contributed by atoms with Gasteiger partial charge in [-0.05, 0) is 67.5 Å². The molecule has 0 spiro atoms. The predicted octanol–water partition coefficient (Wildman–Crippen LogP) is 5.37. The van der Waals surface area contributed by atoms with Crippen LogP contribution in [0.25, 0.3) is 11.1 Å². The fourth-order valence-corrected chi connectivity index (χ4v) is 4.14. The van der Waals surface area contributed by atoms with Crippen molar-refractivity contribution in [2.24, 2.45) is 0 Å². The van der Waals surface area contributed by atoms with Crippen molar-refractivity contribution in [1.82, 2.24) is 4.90 Å². The zero-order chi connectivity index (χ0) is 21.3. The average molecular weight is 412 g/mol. The van der Waals surface area contributed by atoms with Crippen LogP contribution in [0.15, 0.2) is 36.4 Å². The molecule has 1 fully saturated rings. The zero-order valence-electron chi connectivity index (χ0n) is 18.8. The summed E-state index contributed by atoms with van der Waals surface area (Å²) >= 11 is 0. The Balaban J connectivity index is 1.62. The molecular weight excluding hydrogens is 374 g/mol. The standard InChI is InChI=1S/C26H37NO3/c1-4-5-6-17-29-25-12-7-10-23(20(25)2)24-11-8-13-26(21(24)3)30-18-9-15-27-16-14-22(28)19-27/h7-8,10-13,22,28H,4-6,9,14-19H2,1-3H3/t22-/m1/s1. The molecule has 2 aromatic rings. The van der Waals surface area contributed by atoms with Crippen LogP contribution in [0.1, 0.15) is 50.2 Å². The van der Waals surface area contributed by atoms with Gasteiger partial charge >= 0.3 is 0 Å². The molecule has 0 aliphatic carbocycles. The number of ether oxygens (including phenoxy) is 2. The maximum Gasteiger partial charge on any atom is 0.122 e. The van der Waals surface area contributed by atoms with Gasteiger partial charge in [0, 0.05) is 19.6 Å². The lowest BCUT2D eigenvalue weighted by atomic mass is 9.95. The number of hydrogen-bond acceptors (Lipinski definition) is 4. The summed E-state index contributed by atoms with van der Waals surface area (Å²) in [6.07, 6.45) is 5.21. The molecule has 0 radical (unpaired) electrons. The van der Waals surface area contributed by atoms with Crippen LogP contribution in [-0.2, 0) is 0 Å². The largest absolute Gasteiger partial charge is 0.493 e. The molecule has 1 aliphatic rings. The monoisotopic (exact) mass is 411 g/mol. The van der Waals surface area contributed by atoms with Gasteiger partial charge in [0.15, 0.2) is 0 Å². The van der Waals surface area contributed by atoms with E-state index < -0.39 is 0 Å². The van der Waals surface area contributed by atoms with E-state index in [4.69, 9.17) is 9.47 Å². The van der Waals surface area contributed by atoms with Crippen LogP contribution in [-0.4, -0.2) is 49.0 Å². The molecule has 0 unspecified atom stereocenters. The van der Waals surface area contributed by atoms with Crippen LogP contribution in [0, 0.1) is 13.8 Å². The van der Waals surface area contributed by atoms with Gasteiger partial charge in [-0.1, -0.05) is 44.0 Å². The summed E-state index contributed by atoms with van der Waals surface area (Å²) in [5, 5.41) is 9.64. The molecule has 1 N–H and O–H groups in total. The molecule has 30 heavy (non-hydrogen) atoms. The van der Waals surface area contributed by atoms with E-state index in [2.05, 4.69) is 62.1 Å². The van der Waals surface area contributed by atoms with Crippen LogP contribution in [0.3, 0.4) is 0 Å². The van der Waals surface area contributed by atoms with Crippen LogP contribution < -0.4 is 9.47 Å². The molecule has 0 bridgehead atoms. The Hall–Kier alpha value is -2.04. The number of aliphatic hydroxyl groups excluding tert-OH is 1. The van der Waals surface area contributed by atoms with Crippen molar-refractivity contribution in [1.29, 1.82) is 0 Å². The lowest BCUT2D eigenvalue weighted by Crippen LogP contribution is -2.24. The van der Waals surface area contributed by atoms with Crippen molar-refractivity contribution in [3.05, 3.63) is 47.5 Å². The second-order valence-electron chi connectivity index (χ2n) is 8.36. The van der Waals surface area contributed by atoms with E-state index in [0.29, 0.717) is 6.61 Å². The Labute approximate surface area is 181 Å². The van der Waals surface area contributed by atoms with Gasteiger partial charge in [0.25, 0.3) is 0 Å². The maximum atomic E-state index is 9.64. The lowest BCUT2D eigenvalue weighted by molar-refractivity contribution is 0.173. The van der Waals surface area contributed by atoms with Crippen molar-refractivity contribution in [3.8, 4) is 22.6 Å². The number of hydrogen-bond donors (Lipinski definition) is 1. The Morgan fingerprint density at radius 3 is 2.03 bits per heavy atom.